The molecule has 4 rings (SSSR count). The van der Waals surface area contributed by atoms with Crippen LogP contribution in [0.1, 0.15) is 30.3 Å². The summed E-state index contributed by atoms with van der Waals surface area (Å²) in [6, 6.07) is 16.0. The molecule has 0 spiro atoms. The molecular formula is C19H18Cl2N4S. The van der Waals surface area contributed by atoms with E-state index >= 15 is 0 Å². The zero-order valence-electron chi connectivity index (χ0n) is 14.0. The standard InChI is InChI=1S/C19H18Cl2N4S/c20-14-9-8-13(16(21)11-14)12-24-10-4-7-17(24)18-22-23-19(26)25(18)15-5-2-1-3-6-15/h1-3,5-6,8-9,11,17H,4,7,10,12H2,(H,23,26)/t17-/m0/s1. The Morgan fingerprint density at radius 3 is 2.73 bits per heavy atom. The van der Waals surface area contributed by atoms with Crippen LogP contribution >= 0.6 is 35.4 Å². The summed E-state index contributed by atoms with van der Waals surface area (Å²) in [4.78, 5) is 2.40. The largest absolute Gasteiger partial charge is 0.289 e. The van der Waals surface area contributed by atoms with Crippen molar-refractivity contribution in [2.45, 2.75) is 25.4 Å². The van der Waals surface area contributed by atoms with Gasteiger partial charge in [-0.3, -0.25) is 14.6 Å². The Morgan fingerprint density at radius 1 is 1.15 bits per heavy atom. The fraction of sp³-hybridized carbons (Fsp3) is 0.263. The van der Waals surface area contributed by atoms with Gasteiger partial charge in [0.15, 0.2) is 10.6 Å². The minimum Gasteiger partial charge on any atom is -0.289 e. The first kappa shape index (κ1) is 17.7. The van der Waals surface area contributed by atoms with Crippen LogP contribution in [0.25, 0.3) is 5.69 Å². The van der Waals surface area contributed by atoms with E-state index in [1.54, 1.807) is 6.07 Å². The van der Waals surface area contributed by atoms with Crippen molar-refractivity contribution in [3.05, 3.63) is 74.7 Å². The molecule has 0 amide bonds. The first-order valence-electron chi connectivity index (χ1n) is 8.54. The van der Waals surface area contributed by atoms with E-state index in [2.05, 4.69) is 15.1 Å². The number of nitrogens with zero attached hydrogens (tertiary/aromatic N) is 3. The van der Waals surface area contributed by atoms with Gasteiger partial charge in [-0.05, 0) is 61.4 Å². The van der Waals surface area contributed by atoms with E-state index in [4.69, 9.17) is 35.4 Å². The van der Waals surface area contributed by atoms with Crippen LogP contribution in [0.15, 0.2) is 48.5 Å². The van der Waals surface area contributed by atoms with Crippen LogP contribution in [0.3, 0.4) is 0 Å². The molecule has 4 nitrogen and oxygen atoms in total. The van der Waals surface area contributed by atoms with Gasteiger partial charge >= 0.3 is 0 Å². The second-order valence-corrected chi connectivity index (χ2v) is 7.65. The molecule has 26 heavy (non-hydrogen) atoms. The zero-order valence-corrected chi connectivity index (χ0v) is 16.4. The summed E-state index contributed by atoms with van der Waals surface area (Å²) in [6.45, 7) is 1.76. The molecule has 1 atom stereocenters. The molecule has 134 valence electrons. The van der Waals surface area contributed by atoms with Crippen LogP contribution in [0.5, 0.6) is 0 Å². The predicted molar refractivity (Wildman–Crippen MR) is 108 cm³/mol. The van der Waals surface area contributed by atoms with E-state index in [0.717, 1.165) is 43.0 Å². The lowest BCUT2D eigenvalue weighted by Crippen LogP contribution is -2.25. The van der Waals surface area contributed by atoms with Crippen molar-refractivity contribution in [1.29, 1.82) is 0 Å². The number of hydrogen-bond donors (Lipinski definition) is 1. The Morgan fingerprint density at radius 2 is 1.96 bits per heavy atom. The molecule has 0 aliphatic carbocycles. The lowest BCUT2D eigenvalue weighted by Gasteiger charge is -2.24. The van der Waals surface area contributed by atoms with Crippen molar-refractivity contribution in [1.82, 2.24) is 19.7 Å². The zero-order chi connectivity index (χ0) is 18.1. The highest BCUT2D eigenvalue weighted by molar-refractivity contribution is 7.71. The number of likely N-dealkylation sites (tertiary alicyclic amines) is 1. The fourth-order valence-corrected chi connectivity index (χ4v) is 4.25. The number of nitrogens with one attached hydrogen (secondary N) is 1. The smallest absolute Gasteiger partial charge is 0.199 e. The SMILES string of the molecule is S=c1[nH]nc([C@@H]2CCCN2Cc2ccc(Cl)cc2Cl)n1-c1ccccc1. The summed E-state index contributed by atoms with van der Waals surface area (Å²) in [7, 11) is 0. The maximum Gasteiger partial charge on any atom is 0.199 e. The molecule has 0 bridgehead atoms. The van der Waals surface area contributed by atoms with Crippen molar-refractivity contribution >= 4 is 35.4 Å². The molecule has 2 heterocycles. The number of hydrogen-bond acceptors (Lipinski definition) is 3. The van der Waals surface area contributed by atoms with Crippen molar-refractivity contribution in [2.75, 3.05) is 6.54 Å². The maximum atomic E-state index is 6.38. The number of aromatic amines is 1. The van der Waals surface area contributed by atoms with Gasteiger partial charge in [0.2, 0.25) is 0 Å². The number of aromatic nitrogens is 3. The van der Waals surface area contributed by atoms with Gasteiger partial charge in [-0.1, -0.05) is 47.5 Å². The second-order valence-electron chi connectivity index (χ2n) is 6.42. The maximum absolute atomic E-state index is 6.38. The fourth-order valence-electron chi connectivity index (χ4n) is 3.54. The van der Waals surface area contributed by atoms with Crippen molar-refractivity contribution in [2.24, 2.45) is 0 Å². The summed E-state index contributed by atoms with van der Waals surface area (Å²) in [5.74, 6) is 0.948. The minimum absolute atomic E-state index is 0.190. The lowest BCUT2D eigenvalue weighted by atomic mass is 10.1. The first-order chi connectivity index (χ1) is 12.6. The molecule has 7 heteroatoms. The Balaban J connectivity index is 1.67. The molecule has 1 aliphatic rings. The molecule has 1 saturated heterocycles. The van der Waals surface area contributed by atoms with Gasteiger partial charge in [-0.25, -0.2) is 0 Å². The third-order valence-corrected chi connectivity index (χ3v) is 5.62. The molecule has 1 fully saturated rings. The first-order valence-corrected chi connectivity index (χ1v) is 9.70. The average molecular weight is 405 g/mol. The van der Waals surface area contributed by atoms with Gasteiger partial charge < -0.3 is 0 Å². The van der Waals surface area contributed by atoms with E-state index in [1.807, 2.05) is 47.0 Å². The number of H-pyrrole nitrogens is 1. The van der Waals surface area contributed by atoms with Crippen molar-refractivity contribution in [3.63, 3.8) is 0 Å². The van der Waals surface area contributed by atoms with Crippen LogP contribution in [0, 0.1) is 4.77 Å². The molecular weight excluding hydrogens is 387 g/mol. The highest BCUT2D eigenvalue weighted by atomic mass is 35.5. The molecule has 1 aromatic heterocycles. The second kappa shape index (κ2) is 7.53. The van der Waals surface area contributed by atoms with E-state index in [1.165, 1.54) is 0 Å². The van der Waals surface area contributed by atoms with Gasteiger partial charge in [0, 0.05) is 22.3 Å². The quantitative estimate of drug-likeness (QED) is 0.577. The molecule has 1 N–H and O–H groups in total. The number of benzene rings is 2. The predicted octanol–water partition coefficient (Wildman–Crippen LogP) is 5.57. The molecule has 2 aromatic carbocycles. The third kappa shape index (κ3) is 3.45. The number of halogens is 2. The highest BCUT2D eigenvalue weighted by Crippen LogP contribution is 2.34. The van der Waals surface area contributed by atoms with Crippen LogP contribution in [0.4, 0.5) is 0 Å². The summed E-state index contributed by atoms with van der Waals surface area (Å²) in [5, 5.41) is 8.87. The third-order valence-electron chi connectivity index (χ3n) is 4.76. The van der Waals surface area contributed by atoms with Gasteiger partial charge in [-0.2, -0.15) is 5.10 Å². The van der Waals surface area contributed by atoms with Gasteiger partial charge in [-0.15, -0.1) is 0 Å². The normalized spacial score (nSPS) is 17.7. The van der Waals surface area contributed by atoms with E-state index in [9.17, 15) is 0 Å². The van der Waals surface area contributed by atoms with E-state index in [-0.39, 0.29) is 6.04 Å². The van der Waals surface area contributed by atoms with Gasteiger partial charge in [0.05, 0.1) is 6.04 Å². The number of rotatable bonds is 4. The molecule has 1 aliphatic heterocycles. The summed E-state index contributed by atoms with van der Waals surface area (Å²) in [5.41, 5.74) is 2.10. The van der Waals surface area contributed by atoms with Crippen LogP contribution in [-0.2, 0) is 6.54 Å². The summed E-state index contributed by atoms with van der Waals surface area (Å²) < 4.78 is 2.64. The molecule has 0 radical (unpaired) electrons. The molecule has 3 aromatic rings. The summed E-state index contributed by atoms with van der Waals surface area (Å²) >= 11 is 17.9. The summed E-state index contributed by atoms with van der Waals surface area (Å²) in [6.07, 6.45) is 2.15. The molecule has 0 saturated carbocycles. The monoisotopic (exact) mass is 404 g/mol. The van der Waals surface area contributed by atoms with E-state index < -0.39 is 0 Å². The molecule has 0 unspecified atom stereocenters. The Bertz CT molecular complexity index is 967. The Hall–Kier alpha value is -1.66. The Kier molecular flexibility index (Phi) is 5.14. The van der Waals surface area contributed by atoms with Crippen molar-refractivity contribution in [3.8, 4) is 5.69 Å². The van der Waals surface area contributed by atoms with Gasteiger partial charge in [0.25, 0.3) is 0 Å². The van der Waals surface area contributed by atoms with Crippen LogP contribution in [-0.4, -0.2) is 26.2 Å². The Labute approximate surface area is 167 Å². The number of para-hydroxylation sites is 1. The van der Waals surface area contributed by atoms with Crippen molar-refractivity contribution < 1.29 is 0 Å². The van der Waals surface area contributed by atoms with Crippen LogP contribution < -0.4 is 0 Å². The minimum atomic E-state index is 0.190. The van der Waals surface area contributed by atoms with Gasteiger partial charge in [0.1, 0.15) is 0 Å². The lowest BCUT2D eigenvalue weighted by molar-refractivity contribution is 0.238. The topological polar surface area (TPSA) is 36.9 Å². The van der Waals surface area contributed by atoms with E-state index in [0.29, 0.717) is 14.8 Å². The van der Waals surface area contributed by atoms with Crippen LogP contribution in [0.2, 0.25) is 10.0 Å². The highest BCUT2D eigenvalue weighted by Gasteiger charge is 2.30. The average Bonchev–Trinajstić information content (AvgIpc) is 3.24.